The smallest absolute Gasteiger partial charge is 0.264 e. The molecule has 1 fully saturated rings. The van der Waals surface area contributed by atoms with Crippen LogP contribution in [0.15, 0.2) is 30.3 Å². The van der Waals surface area contributed by atoms with Gasteiger partial charge in [0.05, 0.1) is 23.4 Å². The third-order valence-electron chi connectivity index (χ3n) is 5.26. The minimum absolute atomic E-state index is 0.0160. The molecule has 30 heavy (non-hydrogen) atoms. The van der Waals surface area contributed by atoms with Crippen LogP contribution in [0.5, 0.6) is 0 Å². The first-order chi connectivity index (χ1) is 14.2. The number of hydrogen-bond acceptors (Lipinski definition) is 5. The quantitative estimate of drug-likeness (QED) is 0.625. The average Bonchev–Trinajstić information content (AvgIpc) is 3.24. The summed E-state index contributed by atoms with van der Waals surface area (Å²) >= 11 is 7.74. The lowest BCUT2D eigenvalue weighted by atomic mass is 10.1. The number of aromatic nitrogens is 2. The zero-order chi connectivity index (χ0) is 21.5. The molecule has 0 bridgehead atoms. The van der Waals surface area contributed by atoms with Crippen molar-refractivity contribution in [1.82, 2.24) is 19.4 Å². The van der Waals surface area contributed by atoms with Crippen LogP contribution in [-0.4, -0.2) is 54.4 Å². The number of halogens is 1. The minimum Gasteiger partial charge on any atom is -0.338 e. The number of carbonyl (C=O) groups excluding carboxylic acids is 1. The Bertz CT molecular complexity index is 1190. The summed E-state index contributed by atoms with van der Waals surface area (Å²) in [6, 6.07) is 9.47. The lowest BCUT2D eigenvalue weighted by Gasteiger charge is -2.31. The molecule has 0 saturated carbocycles. The molecular formula is C20H23ClN4O3S2. The van der Waals surface area contributed by atoms with Crippen molar-refractivity contribution in [2.45, 2.75) is 32.4 Å². The second-order valence-corrected chi connectivity index (χ2v) is 10.8. The van der Waals surface area contributed by atoms with E-state index in [2.05, 4.69) is 9.82 Å². The van der Waals surface area contributed by atoms with E-state index >= 15 is 0 Å². The number of carbonyl (C=O) groups is 1. The van der Waals surface area contributed by atoms with Crippen LogP contribution in [0, 0.1) is 6.92 Å². The molecule has 1 aliphatic rings. The van der Waals surface area contributed by atoms with Gasteiger partial charge in [0.25, 0.3) is 5.91 Å². The summed E-state index contributed by atoms with van der Waals surface area (Å²) in [5.41, 5.74) is 1.86. The molecule has 2 aromatic heterocycles. The monoisotopic (exact) mass is 466 g/mol. The van der Waals surface area contributed by atoms with Crippen molar-refractivity contribution in [1.29, 1.82) is 0 Å². The van der Waals surface area contributed by atoms with Crippen LogP contribution in [0.1, 0.15) is 33.8 Å². The van der Waals surface area contributed by atoms with Crippen molar-refractivity contribution in [2.24, 2.45) is 0 Å². The van der Waals surface area contributed by atoms with Gasteiger partial charge in [-0.25, -0.2) is 13.1 Å². The first kappa shape index (κ1) is 21.3. The highest BCUT2D eigenvalue weighted by Crippen LogP contribution is 2.31. The van der Waals surface area contributed by atoms with Crippen LogP contribution in [0.4, 0.5) is 0 Å². The molecule has 3 heterocycles. The number of sulfonamides is 1. The number of benzene rings is 1. The zero-order valence-electron chi connectivity index (χ0n) is 16.8. The van der Waals surface area contributed by atoms with Gasteiger partial charge >= 0.3 is 0 Å². The fourth-order valence-electron chi connectivity index (χ4n) is 3.77. The Kier molecular flexibility index (Phi) is 5.89. The van der Waals surface area contributed by atoms with Crippen molar-refractivity contribution < 1.29 is 13.2 Å². The topological polar surface area (TPSA) is 84.3 Å². The first-order valence-corrected chi connectivity index (χ1v) is 12.8. The summed E-state index contributed by atoms with van der Waals surface area (Å²) in [5, 5.41) is 6.29. The molecule has 0 radical (unpaired) electrons. The summed E-state index contributed by atoms with van der Waals surface area (Å²) in [6.45, 7) is 3.55. The maximum atomic E-state index is 13.0. The molecule has 0 aliphatic carbocycles. The van der Waals surface area contributed by atoms with Crippen molar-refractivity contribution in [3.05, 3.63) is 51.5 Å². The molecule has 4 rings (SSSR count). The van der Waals surface area contributed by atoms with Crippen LogP contribution < -0.4 is 4.72 Å². The van der Waals surface area contributed by atoms with Crippen LogP contribution in [-0.2, 0) is 16.6 Å². The van der Waals surface area contributed by atoms with Crippen molar-refractivity contribution in [2.75, 3.05) is 19.3 Å². The molecule has 1 aromatic carbocycles. The Labute approximate surface area is 184 Å². The van der Waals surface area contributed by atoms with E-state index in [1.165, 1.54) is 11.3 Å². The first-order valence-electron chi connectivity index (χ1n) is 9.68. The lowest BCUT2D eigenvalue weighted by molar-refractivity contribution is 0.0716. The van der Waals surface area contributed by atoms with E-state index in [4.69, 9.17) is 11.6 Å². The number of aryl methyl sites for hydroxylation is 1. The Morgan fingerprint density at radius 1 is 1.30 bits per heavy atom. The minimum atomic E-state index is -3.23. The maximum absolute atomic E-state index is 13.0. The van der Waals surface area contributed by atoms with Crippen LogP contribution in [0.25, 0.3) is 10.2 Å². The number of piperidine rings is 1. The molecule has 0 atom stereocenters. The van der Waals surface area contributed by atoms with Crippen molar-refractivity contribution in [3.63, 3.8) is 0 Å². The molecule has 1 amide bonds. The lowest BCUT2D eigenvalue weighted by Crippen LogP contribution is -2.46. The largest absolute Gasteiger partial charge is 0.338 e. The van der Waals surface area contributed by atoms with Gasteiger partial charge in [-0.15, -0.1) is 11.3 Å². The van der Waals surface area contributed by atoms with Gasteiger partial charge in [0.1, 0.15) is 4.83 Å². The van der Waals surface area contributed by atoms with Gasteiger partial charge in [-0.1, -0.05) is 29.8 Å². The number of thiophene rings is 1. The van der Waals surface area contributed by atoms with Gasteiger partial charge in [0, 0.05) is 29.5 Å². The van der Waals surface area contributed by atoms with E-state index in [9.17, 15) is 13.2 Å². The summed E-state index contributed by atoms with van der Waals surface area (Å²) < 4.78 is 27.4. The predicted octanol–water partition coefficient (Wildman–Crippen LogP) is 3.26. The molecule has 160 valence electrons. The molecule has 0 unspecified atom stereocenters. The summed E-state index contributed by atoms with van der Waals surface area (Å²) in [5.74, 6) is -0.0160. The van der Waals surface area contributed by atoms with E-state index in [-0.39, 0.29) is 11.9 Å². The number of nitrogens with one attached hydrogen (secondary N) is 1. The number of amides is 1. The number of hydrogen-bond donors (Lipinski definition) is 1. The fourth-order valence-corrected chi connectivity index (χ4v) is 5.94. The average molecular weight is 467 g/mol. The molecule has 3 aromatic rings. The van der Waals surface area contributed by atoms with Gasteiger partial charge in [0.2, 0.25) is 10.0 Å². The molecule has 7 nitrogen and oxygen atoms in total. The molecule has 10 heteroatoms. The molecule has 1 saturated heterocycles. The van der Waals surface area contributed by atoms with E-state index in [1.54, 1.807) is 4.90 Å². The van der Waals surface area contributed by atoms with E-state index in [0.717, 1.165) is 27.7 Å². The molecule has 1 aliphatic heterocycles. The molecule has 1 N–H and O–H groups in total. The second-order valence-electron chi connectivity index (χ2n) is 7.62. The Morgan fingerprint density at radius 2 is 2.00 bits per heavy atom. The highest BCUT2D eigenvalue weighted by atomic mass is 35.5. The fraction of sp³-hybridized carbons (Fsp3) is 0.400. The number of rotatable bonds is 5. The van der Waals surface area contributed by atoms with Crippen LogP contribution in [0.2, 0.25) is 5.02 Å². The third kappa shape index (κ3) is 4.54. The third-order valence-corrected chi connectivity index (χ3v) is 7.53. The highest BCUT2D eigenvalue weighted by molar-refractivity contribution is 7.88. The number of likely N-dealkylation sites (tertiary alicyclic amines) is 1. The van der Waals surface area contributed by atoms with Crippen LogP contribution in [0.3, 0.4) is 0 Å². The summed E-state index contributed by atoms with van der Waals surface area (Å²) in [4.78, 5) is 16.5. The summed E-state index contributed by atoms with van der Waals surface area (Å²) in [6.07, 6.45) is 2.39. The highest BCUT2D eigenvalue weighted by Gasteiger charge is 2.27. The van der Waals surface area contributed by atoms with Crippen molar-refractivity contribution >= 4 is 49.1 Å². The number of nitrogens with zero attached hydrogens (tertiary/aromatic N) is 3. The Morgan fingerprint density at radius 3 is 2.67 bits per heavy atom. The molecular weight excluding hydrogens is 444 g/mol. The SMILES string of the molecule is Cc1nn(Cc2ccccc2Cl)c2sc(C(=O)N3CCC(NS(C)(=O)=O)CC3)cc12. The van der Waals surface area contributed by atoms with E-state index in [1.807, 2.05) is 41.9 Å². The zero-order valence-corrected chi connectivity index (χ0v) is 19.1. The Balaban J connectivity index is 1.51. The van der Waals surface area contributed by atoms with Gasteiger partial charge in [0.15, 0.2) is 0 Å². The van der Waals surface area contributed by atoms with Gasteiger partial charge < -0.3 is 4.90 Å². The van der Waals surface area contributed by atoms with Gasteiger partial charge in [-0.05, 0) is 37.5 Å². The van der Waals surface area contributed by atoms with E-state index < -0.39 is 10.0 Å². The maximum Gasteiger partial charge on any atom is 0.264 e. The predicted molar refractivity (Wildman–Crippen MR) is 120 cm³/mol. The molecule has 0 spiro atoms. The van der Waals surface area contributed by atoms with Gasteiger partial charge in [-0.3, -0.25) is 9.48 Å². The second kappa shape index (κ2) is 8.30. The number of fused-ring (bicyclic) bond motifs is 1. The Hall–Kier alpha value is -1.94. The standard InChI is InChI=1S/C20H23ClN4O3S2/c1-13-16-11-18(19(26)24-9-7-15(8-10-24)23-30(2,27)28)29-20(16)25(22-13)12-14-5-3-4-6-17(14)21/h3-6,11,15,23H,7-10,12H2,1-2H3. The van der Waals surface area contributed by atoms with Crippen molar-refractivity contribution in [3.8, 4) is 0 Å². The van der Waals surface area contributed by atoms with Crippen LogP contribution >= 0.6 is 22.9 Å². The van der Waals surface area contributed by atoms with E-state index in [0.29, 0.717) is 42.4 Å². The summed E-state index contributed by atoms with van der Waals surface area (Å²) in [7, 11) is -3.23. The normalized spacial score (nSPS) is 15.8. The van der Waals surface area contributed by atoms with Gasteiger partial charge in [-0.2, -0.15) is 5.10 Å².